The zero-order chi connectivity index (χ0) is 15.1. The molecule has 21 heavy (non-hydrogen) atoms. The maximum Gasteiger partial charge on any atom is 0.125 e. The van der Waals surface area contributed by atoms with Crippen LogP contribution in [0.5, 0.6) is 0 Å². The van der Waals surface area contributed by atoms with Crippen molar-refractivity contribution in [2.24, 2.45) is 7.05 Å². The first-order chi connectivity index (χ1) is 10.0. The molecule has 0 amide bonds. The van der Waals surface area contributed by atoms with Gasteiger partial charge in [0.25, 0.3) is 0 Å². The van der Waals surface area contributed by atoms with Gasteiger partial charge in [0.05, 0.1) is 29.2 Å². The molecule has 3 aromatic rings. The van der Waals surface area contributed by atoms with Crippen LogP contribution in [-0.2, 0) is 19.5 Å². The van der Waals surface area contributed by atoms with Crippen molar-refractivity contribution in [3.8, 4) is 0 Å². The zero-order valence-corrected chi connectivity index (χ0v) is 13.6. The Kier molecular flexibility index (Phi) is 3.49. The molecule has 0 unspecified atom stereocenters. The highest BCUT2D eigenvalue weighted by molar-refractivity contribution is 6.16. The fourth-order valence-corrected chi connectivity index (χ4v) is 3.09. The van der Waals surface area contributed by atoms with Crippen LogP contribution in [0.15, 0.2) is 18.2 Å². The molecule has 0 saturated carbocycles. The maximum atomic E-state index is 6.10. The van der Waals surface area contributed by atoms with Crippen molar-refractivity contribution in [1.29, 1.82) is 0 Å². The molecule has 0 aliphatic carbocycles. The molecule has 0 radical (unpaired) electrons. The topological polar surface area (TPSA) is 35.6 Å². The third-order valence-corrected chi connectivity index (χ3v) is 4.38. The lowest BCUT2D eigenvalue weighted by atomic mass is 10.1. The first kappa shape index (κ1) is 14.1. The minimum atomic E-state index is 0.409. The van der Waals surface area contributed by atoms with Gasteiger partial charge in [-0.25, -0.2) is 4.98 Å². The lowest BCUT2D eigenvalue weighted by Crippen LogP contribution is -2.06. The average molecular weight is 303 g/mol. The third-order valence-electron chi connectivity index (χ3n) is 4.14. The molecule has 2 heterocycles. The summed E-state index contributed by atoms with van der Waals surface area (Å²) in [6, 6.07) is 6.19. The molecule has 3 rings (SSSR count). The van der Waals surface area contributed by atoms with E-state index in [2.05, 4.69) is 41.5 Å². The summed E-state index contributed by atoms with van der Waals surface area (Å²) in [7, 11) is 1.98. The van der Waals surface area contributed by atoms with Gasteiger partial charge in [-0.15, -0.1) is 11.6 Å². The van der Waals surface area contributed by atoms with Crippen LogP contribution in [0.25, 0.3) is 11.0 Å². The normalized spacial score (nSPS) is 11.5. The lowest BCUT2D eigenvalue weighted by molar-refractivity contribution is 0.725. The van der Waals surface area contributed by atoms with Crippen molar-refractivity contribution in [2.45, 2.75) is 33.2 Å². The number of alkyl halides is 1. The van der Waals surface area contributed by atoms with Gasteiger partial charge in [0.15, 0.2) is 0 Å². The molecule has 0 spiro atoms. The summed E-state index contributed by atoms with van der Waals surface area (Å²) in [5.41, 5.74) is 6.87. The summed E-state index contributed by atoms with van der Waals surface area (Å²) < 4.78 is 4.14. The Balaban J connectivity index is 2.20. The molecular formula is C16H19ClN4. The second-order valence-corrected chi connectivity index (χ2v) is 5.73. The number of rotatable bonds is 3. The van der Waals surface area contributed by atoms with E-state index in [-0.39, 0.29) is 0 Å². The standard InChI is InChI=1S/C16H19ClN4/c1-10-6-5-7-14-16(10)21(15(8-17)18-14)9-13-11(2)19-20(4)12(13)3/h5-7H,8-9H2,1-4H3. The van der Waals surface area contributed by atoms with E-state index in [9.17, 15) is 0 Å². The Morgan fingerprint density at radius 2 is 1.95 bits per heavy atom. The molecule has 2 aromatic heterocycles. The van der Waals surface area contributed by atoms with E-state index in [1.165, 1.54) is 16.8 Å². The molecule has 0 saturated heterocycles. The van der Waals surface area contributed by atoms with Gasteiger partial charge in [0, 0.05) is 18.3 Å². The number of benzene rings is 1. The van der Waals surface area contributed by atoms with Gasteiger partial charge in [0.1, 0.15) is 5.82 Å². The number of aromatic nitrogens is 4. The van der Waals surface area contributed by atoms with Gasteiger partial charge in [-0.1, -0.05) is 12.1 Å². The number of hydrogen-bond acceptors (Lipinski definition) is 2. The minimum Gasteiger partial charge on any atom is -0.322 e. The maximum absolute atomic E-state index is 6.10. The fraction of sp³-hybridized carbons (Fsp3) is 0.375. The molecule has 0 N–H and O–H groups in total. The van der Waals surface area contributed by atoms with E-state index in [1.54, 1.807) is 0 Å². The Morgan fingerprint density at radius 3 is 2.57 bits per heavy atom. The Morgan fingerprint density at radius 1 is 1.19 bits per heavy atom. The summed E-state index contributed by atoms with van der Waals surface area (Å²) in [5, 5.41) is 4.50. The summed E-state index contributed by atoms with van der Waals surface area (Å²) in [5.74, 6) is 1.32. The van der Waals surface area contributed by atoms with E-state index >= 15 is 0 Å². The highest BCUT2D eigenvalue weighted by atomic mass is 35.5. The smallest absolute Gasteiger partial charge is 0.125 e. The van der Waals surface area contributed by atoms with Crippen LogP contribution in [0.1, 0.15) is 28.3 Å². The van der Waals surface area contributed by atoms with Crippen molar-refractivity contribution in [3.05, 3.63) is 46.5 Å². The van der Waals surface area contributed by atoms with Crippen LogP contribution in [0.2, 0.25) is 0 Å². The lowest BCUT2D eigenvalue weighted by Gasteiger charge is -2.10. The zero-order valence-electron chi connectivity index (χ0n) is 12.8. The van der Waals surface area contributed by atoms with Crippen molar-refractivity contribution in [1.82, 2.24) is 19.3 Å². The van der Waals surface area contributed by atoms with Gasteiger partial charge in [-0.3, -0.25) is 4.68 Å². The summed E-state index contributed by atoms with van der Waals surface area (Å²) in [6.45, 7) is 7.02. The van der Waals surface area contributed by atoms with Crippen LogP contribution < -0.4 is 0 Å². The molecule has 0 bridgehead atoms. The number of hydrogen-bond donors (Lipinski definition) is 0. The van der Waals surface area contributed by atoms with Gasteiger partial charge in [-0.2, -0.15) is 5.10 Å². The SMILES string of the molecule is Cc1nn(C)c(C)c1Cn1c(CCl)nc2cccc(C)c21. The predicted molar refractivity (Wildman–Crippen MR) is 85.8 cm³/mol. The number of para-hydroxylation sites is 1. The number of imidazole rings is 1. The summed E-state index contributed by atoms with van der Waals surface area (Å²) in [4.78, 5) is 4.66. The number of fused-ring (bicyclic) bond motifs is 1. The quantitative estimate of drug-likeness (QED) is 0.694. The Bertz CT molecular complexity index is 813. The Hall–Kier alpha value is -1.81. The largest absolute Gasteiger partial charge is 0.322 e. The third kappa shape index (κ3) is 2.23. The number of halogens is 1. The highest BCUT2D eigenvalue weighted by Gasteiger charge is 2.16. The molecule has 0 atom stereocenters. The van der Waals surface area contributed by atoms with Gasteiger partial charge >= 0.3 is 0 Å². The van der Waals surface area contributed by atoms with E-state index in [4.69, 9.17) is 11.6 Å². The predicted octanol–water partition coefficient (Wildman–Crippen LogP) is 3.48. The van der Waals surface area contributed by atoms with E-state index in [1.807, 2.05) is 23.9 Å². The molecule has 0 aliphatic rings. The van der Waals surface area contributed by atoms with Gasteiger partial charge < -0.3 is 4.57 Å². The molecule has 5 heteroatoms. The first-order valence-electron chi connectivity index (χ1n) is 7.02. The summed E-state index contributed by atoms with van der Waals surface area (Å²) in [6.07, 6.45) is 0. The number of aryl methyl sites for hydroxylation is 3. The van der Waals surface area contributed by atoms with Crippen molar-refractivity contribution in [3.63, 3.8) is 0 Å². The molecule has 0 fully saturated rings. The monoisotopic (exact) mass is 302 g/mol. The number of nitrogens with zero attached hydrogens (tertiary/aromatic N) is 4. The van der Waals surface area contributed by atoms with Crippen molar-refractivity contribution >= 4 is 22.6 Å². The van der Waals surface area contributed by atoms with Crippen LogP contribution in [-0.4, -0.2) is 19.3 Å². The molecule has 4 nitrogen and oxygen atoms in total. The first-order valence-corrected chi connectivity index (χ1v) is 7.56. The van der Waals surface area contributed by atoms with E-state index in [0.717, 1.165) is 29.1 Å². The van der Waals surface area contributed by atoms with Crippen LogP contribution in [0.3, 0.4) is 0 Å². The highest BCUT2D eigenvalue weighted by Crippen LogP contribution is 2.24. The van der Waals surface area contributed by atoms with Crippen molar-refractivity contribution in [2.75, 3.05) is 0 Å². The van der Waals surface area contributed by atoms with E-state index < -0.39 is 0 Å². The minimum absolute atomic E-state index is 0.409. The van der Waals surface area contributed by atoms with Gasteiger partial charge in [-0.05, 0) is 32.4 Å². The van der Waals surface area contributed by atoms with Crippen LogP contribution in [0, 0.1) is 20.8 Å². The van der Waals surface area contributed by atoms with Crippen LogP contribution in [0.4, 0.5) is 0 Å². The fourth-order valence-electron chi connectivity index (χ4n) is 2.89. The molecule has 0 aliphatic heterocycles. The molecular weight excluding hydrogens is 284 g/mol. The van der Waals surface area contributed by atoms with Gasteiger partial charge in [0.2, 0.25) is 0 Å². The summed E-state index contributed by atoms with van der Waals surface area (Å²) >= 11 is 6.10. The second-order valence-electron chi connectivity index (χ2n) is 5.46. The molecule has 110 valence electrons. The molecule has 1 aromatic carbocycles. The van der Waals surface area contributed by atoms with Crippen molar-refractivity contribution < 1.29 is 0 Å². The van der Waals surface area contributed by atoms with E-state index in [0.29, 0.717) is 5.88 Å². The van der Waals surface area contributed by atoms with Crippen LogP contribution >= 0.6 is 11.6 Å². The average Bonchev–Trinajstić information content (AvgIpc) is 2.93. The second kappa shape index (κ2) is 5.19. The Labute approximate surface area is 129 Å².